The van der Waals surface area contributed by atoms with E-state index in [4.69, 9.17) is 9.47 Å². The van der Waals surface area contributed by atoms with Gasteiger partial charge in [0.25, 0.3) is 0 Å². The number of ether oxygens (including phenoxy) is 2. The number of benzene rings is 1. The molecule has 0 unspecified atom stereocenters. The van der Waals surface area contributed by atoms with Crippen molar-refractivity contribution < 1.29 is 19.1 Å². The van der Waals surface area contributed by atoms with Crippen LogP contribution in [0, 0.1) is 5.92 Å². The summed E-state index contributed by atoms with van der Waals surface area (Å²) in [6.07, 6.45) is 0.847. The fourth-order valence-electron chi connectivity index (χ4n) is 2.50. The van der Waals surface area contributed by atoms with Crippen molar-refractivity contribution in [1.29, 1.82) is 0 Å². The van der Waals surface area contributed by atoms with E-state index < -0.39 is 11.7 Å². The lowest BCUT2D eigenvalue weighted by molar-refractivity contribution is -0.151. The van der Waals surface area contributed by atoms with Crippen LogP contribution >= 0.6 is 0 Å². The molecule has 0 bridgehead atoms. The van der Waals surface area contributed by atoms with Gasteiger partial charge >= 0.3 is 12.1 Å². The van der Waals surface area contributed by atoms with E-state index in [9.17, 15) is 9.59 Å². The number of carbonyl (C=O) groups excluding carboxylic acids is 2. The van der Waals surface area contributed by atoms with Crippen LogP contribution in [0.1, 0.15) is 39.2 Å². The Labute approximate surface area is 143 Å². The van der Waals surface area contributed by atoms with Gasteiger partial charge in [-0.1, -0.05) is 30.3 Å². The van der Waals surface area contributed by atoms with Crippen molar-refractivity contribution >= 4 is 12.1 Å². The Kier molecular flexibility index (Phi) is 6.20. The van der Waals surface area contributed by atoms with Gasteiger partial charge in [0.15, 0.2) is 0 Å². The summed E-state index contributed by atoms with van der Waals surface area (Å²) >= 11 is 0. The SMILES string of the molecule is CC(C)(C)OC(=O)NN1CCC(C(=O)OCc2ccccc2)CC1. The monoisotopic (exact) mass is 334 g/mol. The molecule has 1 aromatic carbocycles. The largest absolute Gasteiger partial charge is 0.461 e. The highest BCUT2D eigenvalue weighted by molar-refractivity contribution is 5.72. The van der Waals surface area contributed by atoms with Crippen molar-refractivity contribution in [2.75, 3.05) is 13.1 Å². The van der Waals surface area contributed by atoms with E-state index in [-0.39, 0.29) is 11.9 Å². The van der Waals surface area contributed by atoms with Gasteiger partial charge < -0.3 is 9.47 Å². The maximum atomic E-state index is 12.1. The summed E-state index contributed by atoms with van der Waals surface area (Å²) in [6, 6.07) is 9.63. The van der Waals surface area contributed by atoms with Crippen LogP contribution in [0.2, 0.25) is 0 Å². The summed E-state index contributed by atoms with van der Waals surface area (Å²) in [4.78, 5) is 23.9. The van der Waals surface area contributed by atoms with Gasteiger partial charge in [-0.25, -0.2) is 9.80 Å². The van der Waals surface area contributed by atoms with Crippen molar-refractivity contribution in [3.8, 4) is 0 Å². The Morgan fingerprint density at radius 1 is 1.17 bits per heavy atom. The maximum Gasteiger partial charge on any atom is 0.422 e. The molecule has 24 heavy (non-hydrogen) atoms. The van der Waals surface area contributed by atoms with Crippen LogP contribution in [0.25, 0.3) is 0 Å². The average molecular weight is 334 g/mol. The number of hydrogen-bond acceptors (Lipinski definition) is 5. The van der Waals surface area contributed by atoms with E-state index >= 15 is 0 Å². The summed E-state index contributed by atoms with van der Waals surface area (Å²) in [7, 11) is 0. The Morgan fingerprint density at radius 3 is 2.38 bits per heavy atom. The highest BCUT2D eigenvalue weighted by Gasteiger charge is 2.27. The molecule has 132 valence electrons. The van der Waals surface area contributed by atoms with Crippen LogP contribution in [0.4, 0.5) is 4.79 Å². The van der Waals surface area contributed by atoms with Crippen molar-refractivity contribution in [3.05, 3.63) is 35.9 Å². The molecule has 1 amide bonds. The van der Waals surface area contributed by atoms with Crippen molar-refractivity contribution in [3.63, 3.8) is 0 Å². The second-order valence-electron chi connectivity index (χ2n) is 6.97. The van der Waals surface area contributed by atoms with E-state index in [0.717, 1.165) is 5.56 Å². The van der Waals surface area contributed by atoms with Crippen LogP contribution in [0.3, 0.4) is 0 Å². The number of piperidine rings is 1. The number of nitrogens with zero attached hydrogens (tertiary/aromatic N) is 1. The van der Waals surface area contributed by atoms with Gasteiger partial charge in [-0.3, -0.25) is 10.2 Å². The Morgan fingerprint density at radius 2 is 1.79 bits per heavy atom. The zero-order chi connectivity index (χ0) is 17.6. The second-order valence-corrected chi connectivity index (χ2v) is 6.97. The smallest absolute Gasteiger partial charge is 0.422 e. The first-order valence-electron chi connectivity index (χ1n) is 8.28. The number of hydrazine groups is 1. The number of rotatable bonds is 4. The van der Waals surface area contributed by atoms with E-state index in [1.54, 1.807) is 5.01 Å². The molecule has 1 N–H and O–H groups in total. The number of carbonyl (C=O) groups is 2. The highest BCUT2D eigenvalue weighted by Crippen LogP contribution is 2.18. The fraction of sp³-hybridized carbons (Fsp3) is 0.556. The molecule has 1 fully saturated rings. The summed E-state index contributed by atoms with van der Waals surface area (Å²) in [6.45, 7) is 6.97. The molecule has 0 aliphatic carbocycles. The highest BCUT2D eigenvalue weighted by atomic mass is 16.6. The van der Waals surface area contributed by atoms with Crippen molar-refractivity contribution in [2.45, 2.75) is 45.8 Å². The van der Waals surface area contributed by atoms with Crippen LogP contribution in [0.15, 0.2) is 30.3 Å². The summed E-state index contributed by atoms with van der Waals surface area (Å²) in [5.74, 6) is -0.291. The first kappa shape index (κ1) is 18.3. The minimum atomic E-state index is -0.524. The van der Waals surface area contributed by atoms with Gasteiger partial charge in [0, 0.05) is 13.1 Å². The molecular weight excluding hydrogens is 308 g/mol. The predicted octanol–water partition coefficient (Wildman–Crippen LogP) is 2.88. The van der Waals surface area contributed by atoms with Crippen molar-refractivity contribution in [2.24, 2.45) is 5.92 Å². The van der Waals surface area contributed by atoms with Gasteiger partial charge in [0.1, 0.15) is 12.2 Å². The number of nitrogens with one attached hydrogen (secondary N) is 1. The van der Waals surface area contributed by atoms with Gasteiger partial charge in [0.2, 0.25) is 0 Å². The minimum absolute atomic E-state index is 0.120. The molecule has 1 aromatic rings. The molecule has 1 saturated heterocycles. The predicted molar refractivity (Wildman–Crippen MR) is 89.9 cm³/mol. The first-order valence-corrected chi connectivity index (χ1v) is 8.28. The topological polar surface area (TPSA) is 67.9 Å². The summed E-state index contributed by atoms with van der Waals surface area (Å²) in [5, 5.41) is 1.79. The Hall–Kier alpha value is -2.08. The zero-order valence-corrected chi connectivity index (χ0v) is 14.6. The normalized spacial score (nSPS) is 16.5. The standard InChI is InChI=1S/C18H26N2O4/c1-18(2,3)24-17(22)19-20-11-9-15(10-12-20)16(21)23-13-14-7-5-4-6-8-14/h4-8,15H,9-13H2,1-3H3,(H,19,22). The van der Waals surface area contributed by atoms with Crippen LogP contribution in [-0.4, -0.2) is 35.8 Å². The van der Waals surface area contributed by atoms with E-state index in [2.05, 4.69) is 5.43 Å². The third-order valence-electron chi connectivity index (χ3n) is 3.70. The Bertz CT molecular complexity index is 546. The van der Waals surface area contributed by atoms with Crippen LogP contribution in [0.5, 0.6) is 0 Å². The minimum Gasteiger partial charge on any atom is -0.461 e. The van der Waals surface area contributed by atoms with Gasteiger partial charge in [0.05, 0.1) is 5.92 Å². The molecule has 1 aliphatic heterocycles. The maximum absolute atomic E-state index is 12.1. The third kappa shape index (κ3) is 6.20. The molecular formula is C18H26N2O4. The summed E-state index contributed by atoms with van der Waals surface area (Å²) < 4.78 is 10.6. The molecule has 0 saturated carbocycles. The molecule has 1 heterocycles. The molecule has 6 heteroatoms. The molecule has 0 radical (unpaired) electrons. The van der Waals surface area contributed by atoms with E-state index in [1.165, 1.54) is 0 Å². The second kappa shape index (κ2) is 8.15. The van der Waals surface area contributed by atoms with Crippen LogP contribution in [-0.2, 0) is 20.9 Å². The van der Waals surface area contributed by atoms with Gasteiger partial charge in [-0.2, -0.15) is 0 Å². The molecule has 0 aromatic heterocycles. The Balaban J connectivity index is 1.70. The lowest BCUT2D eigenvalue weighted by Gasteiger charge is -2.31. The van der Waals surface area contributed by atoms with Crippen LogP contribution < -0.4 is 5.43 Å². The van der Waals surface area contributed by atoms with E-state index in [0.29, 0.717) is 32.5 Å². The molecule has 2 rings (SSSR count). The molecule has 0 atom stereocenters. The van der Waals surface area contributed by atoms with Gasteiger partial charge in [-0.15, -0.1) is 0 Å². The summed E-state index contributed by atoms with van der Waals surface area (Å²) in [5.41, 5.74) is 3.17. The molecule has 1 aliphatic rings. The molecule has 6 nitrogen and oxygen atoms in total. The van der Waals surface area contributed by atoms with Gasteiger partial charge in [-0.05, 0) is 39.2 Å². The lowest BCUT2D eigenvalue weighted by atomic mass is 9.98. The average Bonchev–Trinajstić information content (AvgIpc) is 2.52. The molecule has 0 spiro atoms. The van der Waals surface area contributed by atoms with E-state index in [1.807, 2.05) is 51.1 Å². The lowest BCUT2D eigenvalue weighted by Crippen LogP contribution is -2.49. The third-order valence-corrected chi connectivity index (χ3v) is 3.70. The number of esters is 1. The number of hydrogen-bond donors (Lipinski definition) is 1. The first-order chi connectivity index (χ1) is 11.3. The number of amides is 1. The fourth-order valence-corrected chi connectivity index (χ4v) is 2.50. The quantitative estimate of drug-likeness (QED) is 0.858. The van der Waals surface area contributed by atoms with Crippen molar-refractivity contribution in [1.82, 2.24) is 10.4 Å². The zero-order valence-electron chi connectivity index (χ0n) is 14.6.